The molecule has 34 valence electrons. The van der Waals surface area contributed by atoms with Gasteiger partial charge < -0.3 is 9.39 Å². The molecule has 0 saturated carbocycles. The second kappa shape index (κ2) is 10.1. The van der Waals surface area contributed by atoms with Gasteiger partial charge in [-0.3, -0.25) is 0 Å². The molecule has 2 nitrogen and oxygen atoms in total. The van der Waals surface area contributed by atoms with Crippen LogP contribution < -0.4 is 29.6 Å². The summed E-state index contributed by atoms with van der Waals surface area (Å²) < 4.78 is 0. The molecule has 4 heteroatoms. The van der Waals surface area contributed by atoms with Crippen LogP contribution in [-0.2, 0) is 4.79 Å². The molecule has 0 amide bonds. The molecule has 0 aromatic heterocycles. The average molecular weight is 122 g/mol. The Morgan fingerprint density at radius 1 is 1.86 bits per heavy atom. The van der Waals surface area contributed by atoms with E-state index in [0.29, 0.717) is 0 Å². The van der Waals surface area contributed by atoms with Crippen molar-refractivity contribution in [2.45, 2.75) is 0 Å². The zero-order chi connectivity index (χ0) is 4.28. The molecule has 0 unspecified atom stereocenters. The summed E-state index contributed by atoms with van der Waals surface area (Å²) in [5.74, 6) is -0.981. The Kier molecular flexibility index (Phi) is 22.5. The Morgan fingerprint density at radius 2 is 2.00 bits per heavy atom. The van der Waals surface area contributed by atoms with E-state index in [0.717, 1.165) is 6.08 Å². The van der Waals surface area contributed by atoms with E-state index in [1.165, 1.54) is 0 Å². The quantitative estimate of drug-likeness (QED) is 0.302. The van der Waals surface area contributed by atoms with Gasteiger partial charge in [-0.25, -0.2) is 4.79 Å². The first kappa shape index (κ1) is 15.7. The van der Waals surface area contributed by atoms with Crippen molar-refractivity contribution in [2.24, 2.45) is 0 Å². The topological polar surface area (TPSA) is 37.3 Å². The van der Waals surface area contributed by atoms with Gasteiger partial charge in [-0.2, -0.15) is 0 Å². The normalized spacial score (nSPS) is 4.57. The van der Waals surface area contributed by atoms with Crippen molar-refractivity contribution in [1.82, 2.24) is 0 Å². The number of aliphatic carboxylic acids is 1. The van der Waals surface area contributed by atoms with E-state index in [1.807, 2.05) is 0 Å². The van der Waals surface area contributed by atoms with Crippen LogP contribution in [0.25, 0.3) is 0 Å². The van der Waals surface area contributed by atoms with Gasteiger partial charge >= 0.3 is 58.6 Å². The smallest absolute Gasteiger partial charge is 1.00 e. The molecule has 0 aliphatic rings. The second-order valence-corrected chi connectivity index (χ2v) is 0.542. The van der Waals surface area contributed by atoms with Gasteiger partial charge in [-0.1, -0.05) is 6.58 Å². The Bertz CT molecular complexity index is 72.8. The van der Waals surface area contributed by atoms with Gasteiger partial charge in [-0.15, -0.1) is 0 Å². The van der Waals surface area contributed by atoms with Crippen molar-refractivity contribution < 1.29 is 43.7 Å². The number of carbonyl (C=O) groups is 1. The van der Waals surface area contributed by atoms with Crippen molar-refractivity contribution >= 4 is 29.0 Å². The summed E-state index contributed by atoms with van der Waals surface area (Å²) in [6.45, 7) is 2.96. The summed E-state index contributed by atoms with van der Waals surface area (Å²) in [6.07, 6.45) is 0.833. The molecule has 0 spiro atoms. The zero-order valence-electron chi connectivity index (χ0n) is 7.35. The van der Waals surface area contributed by atoms with Gasteiger partial charge in [-0.05, 0) is 0 Å². The Hall–Kier alpha value is 0.976. The standard InChI is InChI=1S/C3H4O2.Mg.Na.3H/c1-2-3(4)5;;;;;/h2H,1H2,(H,4,5);;;;;/q;+2;+1;3*-1. The number of carboxylic acid groups (broad SMARTS) is 1. The van der Waals surface area contributed by atoms with E-state index in [2.05, 4.69) is 6.58 Å². The summed E-state index contributed by atoms with van der Waals surface area (Å²) in [6, 6.07) is 0. The Labute approximate surface area is 84.9 Å². The fourth-order valence-corrected chi connectivity index (χ4v) is 0. The zero-order valence-corrected chi connectivity index (χ0v) is 7.76. The van der Waals surface area contributed by atoms with Crippen LogP contribution in [0.15, 0.2) is 12.7 Å². The van der Waals surface area contributed by atoms with Crippen LogP contribution in [0.1, 0.15) is 4.28 Å². The van der Waals surface area contributed by atoms with Crippen LogP contribution in [-0.4, -0.2) is 34.1 Å². The van der Waals surface area contributed by atoms with E-state index in [-0.39, 0.29) is 56.9 Å². The van der Waals surface area contributed by atoms with Crippen molar-refractivity contribution in [3.8, 4) is 0 Å². The Morgan fingerprint density at radius 3 is 2.00 bits per heavy atom. The van der Waals surface area contributed by atoms with E-state index in [4.69, 9.17) is 5.11 Å². The maximum atomic E-state index is 9.25. The second-order valence-electron chi connectivity index (χ2n) is 0.542. The molecule has 0 aromatic rings. The number of hydrogen-bond donors (Lipinski definition) is 1. The first-order chi connectivity index (χ1) is 2.27. The average Bonchev–Trinajstić information content (AvgIpc) is 1.38. The first-order valence-corrected chi connectivity index (χ1v) is 1.12. The molecule has 0 bridgehead atoms. The largest absolute Gasteiger partial charge is 2.00 e. The molecule has 1 N–H and O–H groups in total. The molecular formula is C3H7MgNaO2. The van der Waals surface area contributed by atoms with Crippen molar-refractivity contribution in [2.75, 3.05) is 0 Å². The molecule has 0 radical (unpaired) electrons. The van der Waals surface area contributed by atoms with Crippen LogP contribution in [0.3, 0.4) is 0 Å². The van der Waals surface area contributed by atoms with Gasteiger partial charge in [0.1, 0.15) is 0 Å². The maximum Gasteiger partial charge on any atom is 2.00 e. The third kappa shape index (κ3) is 19.5. The molecule has 0 saturated heterocycles. The van der Waals surface area contributed by atoms with Crippen molar-refractivity contribution in [1.29, 1.82) is 0 Å². The van der Waals surface area contributed by atoms with Crippen molar-refractivity contribution in [3.05, 3.63) is 12.7 Å². The predicted octanol–water partition coefficient (Wildman–Crippen LogP) is -2.78. The van der Waals surface area contributed by atoms with Crippen LogP contribution >= 0.6 is 0 Å². The molecule has 0 atom stereocenters. The molecule has 0 aliphatic heterocycles. The fourth-order valence-electron chi connectivity index (χ4n) is 0. The summed E-state index contributed by atoms with van der Waals surface area (Å²) in [7, 11) is 0. The fraction of sp³-hybridized carbons (Fsp3) is 0. The third-order valence-electron chi connectivity index (χ3n) is 0.175. The number of rotatable bonds is 1. The number of hydrogen-bond acceptors (Lipinski definition) is 1. The van der Waals surface area contributed by atoms with Gasteiger partial charge in [0.2, 0.25) is 0 Å². The molecule has 0 heterocycles. The summed E-state index contributed by atoms with van der Waals surface area (Å²) in [4.78, 5) is 9.25. The monoisotopic (exact) mass is 122 g/mol. The Balaban J connectivity index is -0.00000000800. The molecule has 0 aromatic carbocycles. The maximum absolute atomic E-state index is 9.25. The summed E-state index contributed by atoms with van der Waals surface area (Å²) in [5.41, 5.74) is 0. The minimum Gasteiger partial charge on any atom is -1.00 e. The van der Waals surface area contributed by atoms with E-state index < -0.39 is 5.97 Å². The van der Waals surface area contributed by atoms with Crippen LogP contribution in [0.4, 0.5) is 0 Å². The van der Waals surface area contributed by atoms with Crippen LogP contribution in [0, 0.1) is 0 Å². The predicted molar refractivity (Wildman–Crippen MR) is 26.9 cm³/mol. The van der Waals surface area contributed by atoms with Crippen LogP contribution in [0.2, 0.25) is 0 Å². The summed E-state index contributed by atoms with van der Waals surface area (Å²) in [5, 5.41) is 7.60. The van der Waals surface area contributed by atoms with Gasteiger partial charge in [0.25, 0.3) is 0 Å². The van der Waals surface area contributed by atoms with Gasteiger partial charge in [0.15, 0.2) is 0 Å². The third-order valence-corrected chi connectivity index (χ3v) is 0.175. The molecule has 7 heavy (non-hydrogen) atoms. The number of carboxylic acids is 1. The van der Waals surface area contributed by atoms with Crippen molar-refractivity contribution in [3.63, 3.8) is 0 Å². The molecule has 0 fully saturated rings. The van der Waals surface area contributed by atoms with Gasteiger partial charge in [0, 0.05) is 6.08 Å². The van der Waals surface area contributed by atoms with E-state index in [9.17, 15) is 4.79 Å². The molecular weight excluding hydrogens is 115 g/mol. The SMILES string of the molecule is C=CC(=O)O.[H-].[H-].[H-].[Mg+2].[Na+]. The minimum absolute atomic E-state index is 0. The molecule has 0 rings (SSSR count). The van der Waals surface area contributed by atoms with Crippen LogP contribution in [0.5, 0.6) is 0 Å². The van der Waals surface area contributed by atoms with Gasteiger partial charge in [0.05, 0.1) is 0 Å². The first-order valence-electron chi connectivity index (χ1n) is 1.12. The van der Waals surface area contributed by atoms with E-state index in [1.54, 1.807) is 0 Å². The minimum atomic E-state index is -0.981. The van der Waals surface area contributed by atoms with E-state index >= 15 is 0 Å². The summed E-state index contributed by atoms with van der Waals surface area (Å²) >= 11 is 0. The molecule has 0 aliphatic carbocycles.